The van der Waals surface area contributed by atoms with Crippen molar-refractivity contribution in [3.8, 4) is 0 Å². The zero-order chi connectivity index (χ0) is 12.3. The van der Waals surface area contributed by atoms with Gasteiger partial charge in [-0.25, -0.2) is 5.43 Å². The van der Waals surface area contributed by atoms with E-state index in [1.807, 2.05) is 12.1 Å². The molecule has 0 radical (unpaired) electrons. The first kappa shape index (κ1) is 12.6. The third-order valence-electron chi connectivity index (χ3n) is 3.26. The first-order valence-corrected chi connectivity index (χ1v) is 6.07. The van der Waals surface area contributed by atoms with E-state index in [9.17, 15) is 0 Å². The van der Waals surface area contributed by atoms with E-state index in [0.717, 1.165) is 25.5 Å². The summed E-state index contributed by atoms with van der Waals surface area (Å²) in [5, 5.41) is 0. The zero-order valence-corrected chi connectivity index (χ0v) is 10.4. The molecule has 2 unspecified atom stereocenters. The van der Waals surface area contributed by atoms with Crippen molar-refractivity contribution in [3.63, 3.8) is 0 Å². The van der Waals surface area contributed by atoms with Gasteiger partial charge >= 0.3 is 0 Å². The van der Waals surface area contributed by atoms with Crippen LogP contribution in [0.5, 0.6) is 0 Å². The van der Waals surface area contributed by atoms with E-state index in [1.54, 1.807) is 6.26 Å². The number of nitrogens with one attached hydrogen (secondary N) is 1. The molecule has 5 nitrogen and oxygen atoms in total. The van der Waals surface area contributed by atoms with Gasteiger partial charge in [0.25, 0.3) is 0 Å². The lowest BCUT2D eigenvalue weighted by Gasteiger charge is -2.38. The topological polar surface area (TPSA) is 63.7 Å². The van der Waals surface area contributed by atoms with Crippen LogP contribution < -0.4 is 11.3 Å². The van der Waals surface area contributed by atoms with Crippen molar-refractivity contribution in [1.29, 1.82) is 0 Å². The molecule has 0 aromatic carbocycles. The fourth-order valence-corrected chi connectivity index (χ4v) is 2.21. The van der Waals surface area contributed by atoms with Gasteiger partial charge in [-0.05, 0) is 26.0 Å². The molecule has 17 heavy (non-hydrogen) atoms. The number of rotatable bonds is 4. The van der Waals surface area contributed by atoms with Crippen LogP contribution in [0.2, 0.25) is 0 Å². The van der Waals surface area contributed by atoms with Gasteiger partial charge in [0, 0.05) is 19.1 Å². The number of nitrogens with two attached hydrogens (primary N) is 1. The van der Waals surface area contributed by atoms with Crippen molar-refractivity contribution in [1.82, 2.24) is 10.3 Å². The van der Waals surface area contributed by atoms with Crippen molar-refractivity contribution < 1.29 is 9.15 Å². The molecule has 2 atom stereocenters. The van der Waals surface area contributed by atoms with Crippen LogP contribution in [0, 0.1) is 0 Å². The third-order valence-corrected chi connectivity index (χ3v) is 3.26. The van der Waals surface area contributed by atoms with Crippen LogP contribution in [0.1, 0.15) is 25.6 Å². The average Bonchev–Trinajstić information content (AvgIpc) is 2.84. The lowest BCUT2D eigenvalue weighted by molar-refractivity contribution is -0.0591. The Kier molecular flexibility index (Phi) is 4.17. The van der Waals surface area contributed by atoms with Gasteiger partial charge in [-0.15, -0.1) is 0 Å². The predicted molar refractivity (Wildman–Crippen MR) is 65.2 cm³/mol. The number of hydrogen-bond donors (Lipinski definition) is 2. The fourth-order valence-electron chi connectivity index (χ4n) is 2.21. The molecule has 1 aromatic rings. The van der Waals surface area contributed by atoms with Gasteiger partial charge in [0.1, 0.15) is 11.8 Å². The Morgan fingerprint density at radius 2 is 2.35 bits per heavy atom. The minimum absolute atomic E-state index is 0.0299. The number of nitrogens with zero attached hydrogens (tertiary/aromatic N) is 1. The molecule has 3 N–H and O–H groups in total. The number of hydrazine groups is 1. The minimum atomic E-state index is -0.0912. The highest BCUT2D eigenvalue weighted by molar-refractivity contribution is 5.07. The highest BCUT2D eigenvalue weighted by Gasteiger charge is 2.31. The molecule has 1 aliphatic rings. The second-order valence-electron chi connectivity index (χ2n) is 4.66. The van der Waals surface area contributed by atoms with Gasteiger partial charge in [-0.2, -0.15) is 0 Å². The lowest BCUT2D eigenvalue weighted by Crippen LogP contribution is -2.51. The van der Waals surface area contributed by atoms with Gasteiger partial charge in [-0.3, -0.25) is 10.7 Å². The Morgan fingerprint density at radius 3 is 2.94 bits per heavy atom. The monoisotopic (exact) mass is 239 g/mol. The van der Waals surface area contributed by atoms with Crippen molar-refractivity contribution in [2.45, 2.75) is 32.0 Å². The molecule has 1 saturated heterocycles. The molecular formula is C12H21N3O2. The summed E-state index contributed by atoms with van der Waals surface area (Å²) in [6.07, 6.45) is 1.69. The largest absolute Gasteiger partial charge is 0.468 e. The molecule has 0 aliphatic carbocycles. The summed E-state index contributed by atoms with van der Waals surface area (Å²) in [4.78, 5) is 2.39. The van der Waals surface area contributed by atoms with E-state index >= 15 is 0 Å². The molecular weight excluding hydrogens is 218 g/mol. The van der Waals surface area contributed by atoms with E-state index in [0.29, 0.717) is 6.04 Å². The van der Waals surface area contributed by atoms with E-state index in [1.165, 1.54) is 0 Å². The van der Waals surface area contributed by atoms with Crippen molar-refractivity contribution in [3.05, 3.63) is 24.2 Å². The van der Waals surface area contributed by atoms with Crippen LogP contribution in [-0.4, -0.2) is 36.7 Å². The fraction of sp³-hybridized carbons (Fsp3) is 0.667. The maximum absolute atomic E-state index is 5.79. The van der Waals surface area contributed by atoms with Gasteiger partial charge < -0.3 is 9.15 Å². The third kappa shape index (κ3) is 2.87. The normalized spacial score (nSPS) is 24.1. The second kappa shape index (κ2) is 5.64. The standard InChI is InChI=1S/C12H21N3O2/c1-9(2)15-5-7-17-11(8-15)12(14-13)10-4-3-6-16-10/h3-4,6,9,11-12,14H,5,7-8,13H2,1-2H3. The molecule has 5 heteroatoms. The summed E-state index contributed by atoms with van der Waals surface area (Å²) < 4.78 is 11.2. The smallest absolute Gasteiger partial charge is 0.124 e. The Morgan fingerprint density at radius 1 is 1.53 bits per heavy atom. The Bertz CT molecular complexity index is 327. The van der Waals surface area contributed by atoms with Crippen molar-refractivity contribution in [2.24, 2.45) is 5.84 Å². The summed E-state index contributed by atoms with van der Waals surface area (Å²) in [5.74, 6) is 6.43. The summed E-state index contributed by atoms with van der Waals surface area (Å²) in [7, 11) is 0. The van der Waals surface area contributed by atoms with Gasteiger partial charge in [0.15, 0.2) is 0 Å². The van der Waals surface area contributed by atoms with Crippen LogP contribution in [0.4, 0.5) is 0 Å². The molecule has 0 amide bonds. The lowest BCUT2D eigenvalue weighted by atomic mass is 10.1. The average molecular weight is 239 g/mol. The summed E-state index contributed by atoms with van der Waals surface area (Å²) in [6, 6.07) is 4.22. The molecule has 1 fully saturated rings. The van der Waals surface area contributed by atoms with Gasteiger partial charge in [-0.1, -0.05) is 0 Å². The van der Waals surface area contributed by atoms with Crippen LogP contribution in [0.15, 0.2) is 22.8 Å². The summed E-state index contributed by atoms with van der Waals surface area (Å²) >= 11 is 0. The molecule has 96 valence electrons. The number of hydrogen-bond acceptors (Lipinski definition) is 5. The van der Waals surface area contributed by atoms with E-state index in [-0.39, 0.29) is 12.1 Å². The number of morpholine rings is 1. The molecule has 0 saturated carbocycles. The first-order chi connectivity index (χ1) is 8.22. The number of ether oxygens (including phenoxy) is 1. The summed E-state index contributed by atoms with van der Waals surface area (Å²) in [5.41, 5.74) is 2.79. The maximum Gasteiger partial charge on any atom is 0.124 e. The van der Waals surface area contributed by atoms with Crippen LogP contribution in [0.3, 0.4) is 0 Å². The minimum Gasteiger partial charge on any atom is -0.468 e. The highest BCUT2D eigenvalue weighted by atomic mass is 16.5. The van der Waals surface area contributed by atoms with Gasteiger partial charge in [0.2, 0.25) is 0 Å². The summed E-state index contributed by atoms with van der Waals surface area (Å²) in [6.45, 7) is 6.97. The van der Waals surface area contributed by atoms with Crippen LogP contribution >= 0.6 is 0 Å². The van der Waals surface area contributed by atoms with E-state index in [2.05, 4.69) is 24.2 Å². The van der Waals surface area contributed by atoms with Crippen molar-refractivity contribution >= 4 is 0 Å². The molecule has 1 aliphatic heterocycles. The molecule has 0 spiro atoms. The first-order valence-electron chi connectivity index (χ1n) is 6.07. The highest BCUT2D eigenvalue weighted by Crippen LogP contribution is 2.22. The Balaban J connectivity index is 2.04. The Hall–Kier alpha value is -0.880. The zero-order valence-electron chi connectivity index (χ0n) is 10.4. The maximum atomic E-state index is 5.79. The molecule has 0 bridgehead atoms. The van der Waals surface area contributed by atoms with Gasteiger partial charge in [0.05, 0.1) is 19.0 Å². The molecule has 1 aromatic heterocycles. The van der Waals surface area contributed by atoms with Crippen LogP contribution in [0.25, 0.3) is 0 Å². The van der Waals surface area contributed by atoms with Crippen LogP contribution in [-0.2, 0) is 4.74 Å². The van der Waals surface area contributed by atoms with Crippen molar-refractivity contribution in [2.75, 3.05) is 19.7 Å². The SMILES string of the molecule is CC(C)N1CCOC(C(NN)c2ccco2)C1. The molecule has 2 heterocycles. The van der Waals surface area contributed by atoms with E-state index in [4.69, 9.17) is 15.0 Å². The second-order valence-corrected chi connectivity index (χ2v) is 4.66. The number of furan rings is 1. The van der Waals surface area contributed by atoms with E-state index < -0.39 is 0 Å². The Labute approximate surface area is 102 Å². The predicted octanol–water partition coefficient (Wildman–Crippen LogP) is 0.893. The molecule has 2 rings (SSSR count). The quantitative estimate of drug-likeness (QED) is 0.603.